The molecule has 3 aromatic heterocycles. The number of nitrogens with zero attached hydrogens (tertiary/aromatic N) is 4. The van der Waals surface area contributed by atoms with Crippen molar-refractivity contribution < 1.29 is 14.6 Å². The van der Waals surface area contributed by atoms with E-state index in [9.17, 15) is 9.90 Å². The van der Waals surface area contributed by atoms with Crippen molar-refractivity contribution in [2.45, 2.75) is 25.4 Å². The summed E-state index contributed by atoms with van der Waals surface area (Å²) < 4.78 is 5.40. The number of benzene rings is 2. The van der Waals surface area contributed by atoms with Gasteiger partial charge in [-0.2, -0.15) is 0 Å². The van der Waals surface area contributed by atoms with Crippen LogP contribution in [0.5, 0.6) is 11.6 Å². The minimum Gasteiger partial charge on any atom is -0.507 e. The maximum Gasteiger partial charge on any atom is 0.251 e. The van der Waals surface area contributed by atoms with Gasteiger partial charge in [0.2, 0.25) is 5.88 Å². The Morgan fingerprint density at radius 2 is 1.93 bits per heavy atom. The van der Waals surface area contributed by atoms with E-state index >= 15 is 0 Å². The Balaban J connectivity index is 1.15. The highest BCUT2D eigenvalue weighted by Gasteiger charge is 2.22. The lowest BCUT2D eigenvalue weighted by molar-refractivity contribution is 0.0909. The standard InChI is InChI=1S/C31H30N6O3/c1-40-31-24(5-3-13-33-31)21-7-9-28(38)25(16-21)29-35-26-8-6-22(17-27(26)36-29)30(39)34-23-10-14-37(15-11-23)19-20-4-2-12-32-18-20/h2-9,12-13,16-18,23,38H,10-11,14-15,19H2,1H3,(H,34,39)(H,35,36). The van der Waals surface area contributed by atoms with Gasteiger partial charge in [-0.1, -0.05) is 12.1 Å². The van der Waals surface area contributed by atoms with Gasteiger partial charge in [-0.3, -0.25) is 14.7 Å². The van der Waals surface area contributed by atoms with Gasteiger partial charge in [0, 0.05) is 55.4 Å². The number of fused-ring (bicyclic) bond motifs is 1. The quantitative estimate of drug-likeness (QED) is 0.275. The molecule has 0 saturated carbocycles. The molecular formula is C31H30N6O3. The third-order valence-electron chi connectivity index (χ3n) is 7.32. The number of carbonyl (C=O) groups excluding carboxylic acids is 1. The highest BCUT2D eigenvalue weighted by molar-refractivity contribution is 5.98. The Bertz CT molecular complexity index is 1640. The van der Waals surface area contributed by atoms with Gasteiger partial charge >= 0.3 is 0 Å². The molecule has 0 spiro atoms. The molecule has 4 heterocycles. The zero-order valence-electron chi connectivity index (χ0n) is 22.2. The number of imidazole rings is 1. The van der Waals surface area contributed by atoms with E-state index in [1.165, 1.54) is 5.56 Å². The first-order valence-electron chi connectivity index (χ1n) is 13.3. The van der Waals surface area contributed by atoms with E-state index in [2.05, 4.69) is 31.2 Å². The van der Waals surface area contributed by atoms with Crippen LogP contribution in [0.3, 0.4) is 0 Å². The average molecular weight is 535 g/mol. The summed E-state index contributed by atoms with van der Waals surface area (Å²) in [6, 6.07) is 18.7. The number of phenols is 1. The summed E-state index contributed by atoms with van der Waals surface area (Å²) in [4.78, 5) is 31.9. The largest absolute Gasteiger partial charge is 0.507 e. The second kappa shape index (κ2) is 11.2. The minimum absolute atomic E-state index is 0.0958. The van der Waals surface area contributed by atoms with Crippen molar-refractivity contribution in [1.82, 2.24) is 30.2 Å². The van der Waals surface area contributed by atoms with Crippen LogP contribution in [-0.4, -0.2) is 62.1 Å². The van der Waals surface area contributed by atoms with Crippen molar-refractivity contribution >= 4 is 16.9 Å². The zero-order chi connectivity index (χ0) is 27.5. The number of hydrogen-bond acceptors (Lipinski definition) is 7. The number of phenolic OH excluding ortho intramolecular Hbond substituents is 1. The monoisotopic (exact) mass is 534 g/mol. The summed E-state index contributed by atoms with van der Waals surface area (Å²) in [6.07, 6.45) is 7.16. The Morgan fingerprint density at radius 1 is 1.07 bits per heavy atom. The lowest BCUT2D eigenvalue weighted by Crippen LogP contribution is -2.44. The molecule has 0 radical (unpaired) electrons. The molecule has 9 heteroatoms. The third kappa shape index (κ3) is 5.37. The van der Waals surface area contributed by atoms with Crippen molar-refractivity contribution in [3.63, 3.8) is 0 Å². The Morgan fingerprint density at radius 3 is 2.73 bits per heavy atom. The number of methoxy groups -OCH3 is 1. The van der Waals surface area contributed by atoms with Gasteiger partial charge in [0.15, 0.2) is 0 Å². The molecule has 202 valence electrons. The Labute approximate surface area is 231 Å². The molecule has 9 nitrogen and oxygen atoms in total. The molecule has 40 heavy (non-hydrogen) atoms. The fraction of sp³-hybridized carbons (Fsp3) is 0.226. The van der Waals surface area contributed by atoms with E-state index in [4.69, 9.17) is 9.72 Å². The molecule has 3 N–H and O–H groups in total. The highest BCUT2D eigenvalue weighted by Crippen LogP contribution is 2.35. The molecule has 6 rings (SSSR count). The summed E-state index contributed by atoms with van der Waals surface area (Å²) in [6.45, 7) is 2.73. The van der Waals surface area contributed by atoms with Gasteiger partial charge < -0.3 is 20.1 Å². The summed E-state index contributed by atoms with van der Waals surface area (Å²) in [5.74, 6) is 0.999. The van der Waals surface area contributed by atoms with Crippen LogP contribution < -0.4 is 10.1 Å². The molecule has 2 aromatic carbocycles. The fourth-order valence-corrected chi connectivity index (χ4v) is 5.20. The van der Waals surface area contributed by atoms with Crippen molar-refractivity contribution in [2.75, 3.05) is 20.2 Å². The molecule has 0 atom stereocenters. The van der Waals surface area contributed by atoms with Crippen LogP contribution in [0.15, 0.2) is 79.3 Å². The molecule has 5 aromatic rings. The number of rotatable bonds is 7. The number of likely N-dealkylation sites (tertiary alicyclic amines) is 1. The van der Waals surface area contributed by atoms with Gasteiger partial charge in [0.05, 0.1) is 23.7 Å². The average Bonchev–Trinajstić information content (AvgIpc) is 3.42. The predicted molar refractivity (Wildman–Crippen MR) is 153 cm³/mol. The number of aromatic hydroxyl groups is 1. The molecule has 1 aliphatic heterocycles. The molecule has 0 unspecified atom stereocenters. The van der Waals surface area contributed by atoms with Crippen LogP contribution in [-0.2, 0) is 6.54 Å². The number of pyridine rings is 2. The Kier molecular flexibility index (Phi) is 7.11. The number of H-pyrrole nitrogens is 1. The van der Waals surface area contributed by atoms with Gasteiger partial charge in [-0.15, -0.1) is 0 Å². The van der Waals surface area contributed by atoms with Gasteiger partial charge in [0.1, 0.15) is 11.6 Å². The molecule has 1 aliphatic rings. The van der Waals surface area contributed by atoms with Crippen molar-refractivity contribution in [3.8, 4) is 34.1 Å². The summed E-state index contributed by atoms with van der Waals surface area (Å²) in [5, 5.41) is 13.8. The zero-order valence-corrected chi connectivity index (χ0v) is 22.2. The van der Waals surface area contributed by atoms with Crippen molar-refractivity contribution in [3.05, 3.63) is 90.4 Å². The number of aromatic nitrogens is 4. The maximum atomic E-state index is 13.1. The lowest BCUT2D eigenvalue weighted by Gasteiger charge is -2.32. The van der Waals surface area contributed by atoms with Crippen LogP contribution in [0.1, 0.15) is 28.8 Å². The van der Waals surface area contributed by atoms with Crippen LogP contribution >= 0.6 is 0 Å². The van der Waals surface area contributed by atoms with E-state index in [0.29, 0.717) is 28.3 Å². The first-order valence-corrected chi connectivity index (χ1v) is 13.3. The number of piperidine rings is 1. The van der Waals surface area contributed by atoms with Crippen LogP contribution in [0.25, 0.3) is 33.5 Å². The van der Waals surface area contributed by atoms with E-state index in [0.717, 1.165) is 49.1 Å². The molecule has 1 fully saturated rings. The van der Waals surface area contributed by atoms with Gasteiger partial charge in [-0.25, -0.2) is 9.97 Å². The van der Waals surface area contributed by atoms with Crippen molar-refractivity contribution in [2.24, 2.45) is 0 Å². The number of carbonyl (C=O) groups is 1. The van der Waals surface area contributed by atoms with E-state index in [1.807, 2.05) is 42.6 Å². The van der Waals surface area contributed by atoms with Gasteiger partial charge in [-0.05, 0) is 72.5 Å². The molecule has 1 saturated heterocycles. The first kappa shape index (κ1) is 25.5. The highest BCUT2D eigenvalue weighted by atomic mass is 16.5. The van der Waals surface area contributed by atoms with Crippen molar-refractivity contribution in [1.29, 1.82) is 0 Å². The number of ether oxygens (including phenoxy) is 1. The normalized spacial score (nSPS) is 14.3. The number of hydrogen-bond donors (Lipinski definition) is 3. The number of nitrogens with one attached hydrogen (secondary N) is 2. The van der Waals surface area contributed by atoms with Crippen LogP contribution in [0.2, 0.25) is 0 Å². The molecule has 0 bridgehead atoms. The van der Waals surface area contributed by atoms with Crippen LogP contribution in [0.4, 0.5) is 0 Å². The van der Waals surface area contributed by atoms with E-state index in [-0.39, 0.29) is 17.7 Å². The number of amides is 1. The molecular weight excluding hydrogens is 504 g/mol. The third-order valence-corrected chi connectivity index (χ3v) is 7.32. The topological polar surface area (TPSA) is 116 Å². The predicted octanol–water partition coefficient (Wildman–Crippen LogP) is 4.80. The first-order chi connectivity index (χ1) is 19.6. The van der Waals surface area contributed by atoms with Crippen LogP contribution in [0, 0.1) is 0 Å². The number of aromatic amines is 1. The summed E-state index contributed by atoms with van der Waals surface area (Å²) in [5.41, 5.74) is 5.38. The summed E-state index contributed by atoms with van der Waals surface area (Å²) >= 11 is 0. The maximum absolute atomic E-state index is 13.1. The SMILES string of the molecule is COc1ncccc1-c1ccc(O)c(-c2nc3cc(C(=O)NC4CCN(Cc5cccnc5)CC4)ccc3[nH]2)c1. The lowest BCUT2D eigenvalue weighted by atomic mass is 10.0. The Hall–Kier alpha value is -4.76. The smallest absolute Gasteiger partial charge is 0.251 e. The van der Waals surface area contributed by atoms with E-state index in [1.54, 1.807) is 37.7 Å². The fourth-order valence-electron chi connectivity index (χ4n) is 5.20. The minimum atomic E-state index is -0.106. The molecule has 1 amide bonds. The second-order valence-electron chi connectivity index (χ2n) is 9.99. The second-order valence-corrected chi connectivity index (χ2v) is 9.99. The molecule has 0 aliphatic carbocycles. The van der Waals surface area contributed by atoms with Gasteiger partial charge in [0.25, 0.3) is 5.91 Å². The summed E-state index contributed by atoms with van der Waals surface area (Å²) in [7, 11) is 1.58. The van der Waals surface area contributed by atoms with E-state index < -0.39 is 0 Å².